The maximum atomic E-state index is 13.7. The number of benzene rings is 1. The molecule has 1 saturated heterocycles. The number of methoxy groups -OCH3 is 1. The van der Waals surface area contributed by atoms with E-state index in [2.05, 4.69) is 20.5 Å². The Morgan fingerprint density at radius 3 is 2.76 bits per heavy atom. The van der Waals surface area contributed by atoms with Crippen LogP contribution >= 0.6 is 0 Å². The molecule has 1 aromatic carbocycles. The zero-order valence-electron chi connectivity index (χ0n) is 15.0. The van der Waals surface area contributed by atoms with E-state index in [1.54, 1.807) is 7.11 Å². The number of halogens is 2. The molecule has 0 atom stereocenters. The smallest absolute Gasteiger partial charge is 0.191 e. The van der Waals surface area contributed by atoms with Crippen molar-refractivity contribution < 1.29 is 13.5 Å². The summed E-state index contributed by atoms with van der Waals surface area (Å²) in [5, 5.41) is 6.57. The fraction of sp³-hybridized carbons (Fsp3) is 0.611. The van der Waals surface area contributed by atoms with Gasteiger partial charge < -0.3 is 20.3 Å². The Bertz CT molecular complexity index is 560. The molecule has 140 valence electrons. The van der Waals surface area contributed by atoms with E-state index in [1.807, 2.05) is 6.92 Å². The minimum Gasteiger partial charge on any atom is -0.383 e. The Morgan fingerprint density at radius 2 is 2.08 bits per heavy atom. The van der Waals surface area contributed by atoms with E-state index in [9.17, 15) is 8.78 Å². The molecule has 0 aromatic heterocycles. The van der Waals surface area contributed by atoms with Gasteiger partial charge in [-0.05, 0) is 38.0 Å². The number of hydrogen-bond donors (Lipinski definition) is 2. The lowest BCUT2D eigenvalue weighted by atomic mass is 10.1. The van der Waals surface area contributed by atoms with Gasteiger partial charge in [-0.3, -0.25) is 0 Å². The van der Waals surface area contributed by atoms with Crippen LogP contribution in [0, 0.1) is 11.6 Å². The molecule has 0 bridgehead atoms. The van der Waals surface area contributed by atoms with Crippen molar-refractivity contribution in [2.45, 2.75) is 32.4 Å². The minimum absolute atomic E-state index is 0.103. The SMILES string of the molecule is CCNC(=NCc1cc(F)ccc1F)NC1CCN(CCOC)CC1. The molecule has 0 spiro atoms. The molecule has 7 heteroatoms. The molecule has 0 amide bonds. The molecule has 0 saturated carbocycles. The molecule has 0 radical (unpaired) electrons. The zero-order chi connectivity index (χ0) is 18.1. The van der Waals surface area contributed by atoms with Crippen LogP contribution in [0.3, 0.4) is 0 Å². The second-order valence-corrected chi connectivity index (χ2v) is 6.18. The third-order valence-electron chi connectivity index (χ3n) is 4.30. The van der Waals surface area contributed by atoms with E-state index in [-0.39, 0.29) is 12.1 Å². The van der Waals surface area contributed by atoms with E-state index in [4.69, 9.17) is 4.74 Å². The lowest BCUT2D eigenvalue weighted by molar-refractivity contribution is 0.128. The number of guanidine groups is 1. The highest BCUT2D eigenvalue weighted by atomic mass is 19.1. The predicted octanol–water partition coefficient (Wildman–Crippen LogP) is 2.13. The van der Waals surface area contributed by atoms with E-state index >= 15 is 0 Å². The maximum absolute atomic E-state index is 13.7. The van der Waals surface area contributed by atoms with Crippen molar-refractivity contribution in [1.82, 2.24) is 15.5 Å². The van der Waals surface area contributed by atoms with Crippen molar-refractivity contribution in [2.75, 3.05) is 39.9 Å². The van der Waals surface area contributed by atoms with Gasteiger partial charge in [0.05, 0.1) is 13.2 Å². The summed E-state index contributed by atoms with van der Waals surface area (Å²) in [6, 6.07) is 3.77. The van der Waals surface area contributed by atoms with Crippen molar-refractivity contribution in [3.8, 4) is 0 Å². The molecular formula is C18H28F2N4O. The average molecular weight is 354 g/mol. The highest BCUT2D eigenvalue weighted by molar-refractivity contribution is 5.80. The van der Waals surface area contributed by atoms with Crippen LogP contribution in [-0.4, -0.2) is 56.8 Å². The monoisotopic (exact) mass is 354 g/mol. The van der Waals surface area contributed by atoms with E-state index in [1.165, 1.54) is 6.07 Å². The molecule has 2 rings (SSSR count). The van der Waals surface area contributed by atoms with Crippen LogP contribution in [0.4, 0.5) is 8.78 Å². The van der Waals surface area contributed by atoms with Gasteiger partial charge in [0.15, 0.2) is 5.96 Å². The van der Waals surface area contributed by atoms with Gasteiger partial charge in [-0.2, -0.15) is 0 Å². The average Bonchev–Trinajstić information content (AvgIpc) is 2.62. The normalized spacial score (nSPS) is 16.9. The molecule has 0 aliphatic carbocycles. The minimum atomic E-state index is -0.451. The molecule has 25 heavy (non-hydrogen) atoms. The van der Waals surface area contributed by atoms with Crippen molar-refractivity contribution in [1.29, 1.82) is 0 Å². The van der Waals surface area contributed by atoms with Crippen molar-refractivity contribution in [3.63, 3.8) is 0 Å². The number of nitrogens with zero attached hydrogens (tertiary/aromatic N) is 2. The van der Waals surface area contributed by atoms with Gasteiger partial charge in [0.1, 0.15) is 11.6 Å². The Labute approximate surface area is 148 Å². The Hall–Kier alpha value is -1.73. The Kier molecular flexibility index (Phi) is 8.08. The van der Waals surface area contributed by atoms with Crippen LogP contribution in [0.5, 0.6) is 0 Å². The molecule has 1 heterocycles. The van der Waals surface area contributed by atoms with Gasteiger partial charge in [0.2, 0.25) is 0 Å². The topological polar surface area (TPSA) is 48.9 Å². The second-order valence-electron chi connectivity index (χ2n) is 6.18. The summed E-state index contributed by atoms with van der Waals surface area (Å²) in [5.41, 5.74) is 0.256. The zero-order valence-corrected chi connectivity index (χ0v) is 15.0. The molecule has 1 aliphatic rings. The fourth-order valence-corrected chi connectivity index (χ4v) is 2.86. The summed E-state index contributed by atoms with van der Waals surface area (Å²) in [6.45, 7) is 6.53. The van der Waals surface area contributed by atoms with Gasteiger partial charge >= 0.3 is 0 Å². The van der Waals surface area contributed by atoms with E-state index in [0.717, 1.165) is 51.2 Å². The molecule has 1 fully saturated rings. The van der Waals surface area contributed by atoms with Crippen LogP contribution in [0.25, 0.3) is 0 Å². The Morgan fingerprint density at radius 1 is 1.32 bits per heavy atom. The first kappa shape index (κ1) is 19.6. The largest absolute Gasteiger partial charge is 0.383 e. The number of ether oxygens (including phenoxy) is 1. The van der Waals surface area contributed by atoms with Crippen LogP contribution in [-0.2, 0) is 11.3 Å². The van der Waals surface area contributed by atoms with E-state index in [0.29, 0.717) is 18.5 Å². The van der Waals surface area contributed by atoms with Gasteiger partial charge in [-0.25, -0.2) is 13.8 Å². The van der Waals surface area contributed by atoms with Crippen LogP contribution in [0.1, 0.15) is 25.3 Å². The standard InChI is InChI=1S/C18H28F2N4O/c1-3-21-18(22-13-14-12-15(19)4-5-17(14)20)23-16-6-8-24(9-7-16)10-11-25-2/h4-5,12,16H,3,6-11,13H2,1-2H3,(H2,21,22,23). The number of rotatable bonds is 7. The van der Waals surface area contributed by atoms with Crippen molar-refractivity contribution >= 4 is 5.96 Å². The second kappa shape index (κ2) is 10.3. The summed E-state index contributed by atoms with van der Waals surface area (Å²) < 4.78 is 32.1. The van der Waals surface area contributed by atoms with Crippen LogP contribution < -0.4 is 10.6 Å². The molecule has 5 nitrogen and oxygen atoms in total. The number of likely N-dealkylation sites (tertiary alicyclic amines) is 1. The number of aliphatic imine (C=N–C) groups is 1. The highest BCUT2D eigenvalue weighted by Crippen LogP contribution is 2.12. The number of hydrogen-bond acceptors (Lipinski definition) is 3. The molecule has 2 N–H and O–H groups in total. The van der Waals surface area contributed by atoms with Crippen LogP contribution in [0.2, 0.25) is 0 Å². The Balaban J connectivity index is 1.89. The highest BCUT2D eigenvalue weighted by Gasteiger charge is 2.19. The molecule has 0 unspecified atom stereocenters. The number of piperidine rings is 1. The summed E-state index contributed by atoms with van der Waals surface area (Å²) in [6.07, 6.45) is 2.03. The van der Waals surface area contributed by atoms with Crippen molar-refractivity contribution in [2.24, 2.45) is 4.99 Å². The summed E-state index contributed by atoms with van der Waals surface area (Å²) >= 11 is 0. The first-order valence-electron chi connectivity index (χ1n) is 8.82. The lowest BCUT2D eigenvalue weighted by Gasteiger charge is -2.32. The number of nitrogens with one attached hydrogen (secondary N) is 2. The fourth-order valence-electron chi connectivity index (χ4n) is 2.86. The third kappa shape index (κ3) is 6.59. The molecular weight excluding hydrogens is 326 g/mol. The first-order valence-corrected chi connectivity index (χ1v) is 8.82. The van der Waals surface area contributed by atoms with Crippen LogP contribution in [0.15, 0.2) is 23.2 Å². The molecule has 1 aliphatic heterocycles. The predicted molar refractivity (Wildman–Crippen MR) is 95.6 cm³/mol. The van der Waals surface area contributed by atoms with Gasteiger partial charge in [-0.1, -0.05) is 0 Å². The summed E-state index contributed by atoms with van der Waals surface area (Å²) in [4.78, 5) is 6.79. The lowest BCUT2D eigenvalue weighted by Crippen LogP contribution is -2.49. The maximum Gasteiger partial charge on any atom is 0.191 e. The molecule has 1 aromatic rings. The summed E-state index contributed by atoms with van der Waals surface area (Å²) in [7, 11) is 1.72. The van der Waals surface area contributed by atoms with E-state index < -0.39 is 11.6 Å². The first-order chi connectivity index (χ1) is 12.1. The third-order valence-corrected chi connectivity index (χ3v) is 4.30. The van der Waals surface area contributed by atoms with Gasteiger partial charge in [0.25, 0.3) is 0 Å². The summed E-state index contributed by atoms with van der Waals surface area (Å²) in [5.74, 6) is -0.248. The quantitative estimate of drug-likeness (QED) is 0.582. The van der Waals surface area contributed by atoms with Gasteiger partial charge in [-0.15, -0.1) is 0 Å². The van der Waals surface area contributed by atoms with Crippen molar-refractivity contribution in [3.05, 3.63) is 35.4 Å². The van der Waals surface area contributed by atoms with Gasteiger partial charge in [0, 0.05) is 44.9 Å².